The van der Waals surface area contributed by atoms with Gasteiger partial charge < -0.3 is 15.0 Å². The largest absolute Gasteiger partial charge is 0.494 e. The summed E-state index contributed by atoms with van der Waals surface area (Å²) >= 11 is 0. The summed E-state index contributed by atoms with van der Waals surface area (Å²) in [5, 5.41) is 3.09. The van der Waals surface area contributed by atoms with Gasteiger partial charge in [0, 0.05) is 12.6 Å². The Hall–Kier alpha value is -3.07. The summed E-state index contributed by atoms with van der Waals surface area (Å²) in [7, 11) is -3.77. The van der Waals surface area contributed by atoms with Crippen molar-refractivity contribution in [1.82, 2.24) is 10.2 Å². The fourth-order valence-corrected chi connectivity index (χ4v) is 5.27. The van der Waals surface area contributed by atoms with E-state index >= 15 is 0 Å². The SMILES string of the molecule is CCOc1ccc(N(CC(=O)N(Cc2ccccc2)[C@H](C)C(=O)NC2CCCCC2)S(C)(=O)=O)cc1. The summed E-state index contributed by atoms with van der Waals surface area (Å²) < 4.78 is 31.8. The molecule has 36 heavy (non-hydrogen) atoms. The highest BCUT2D eigenvalue weighted by Gasteiger charge is 2.31. The third kappa shape index (κ3) is 7.71. The third-order valence-electron chi connectivity index (χ3n) is 6.43. The number of nitrogens with zero attached hydrogens (tertiary/aromatic N) is 2. The maximum Gasteiger partial charge on any atom is 0.244 e. The average Bonchev–Trinajstić information content (AvgIpc) is 2.86. The van der Waals surface area contributed by atoms with E-state index in [-0.39, 0.29) is 18.5 Å². The first-order chi connectivity index (χ1) is 17.2. The van der Waals surface area contributed by atoms with Gasteiger partial charge in [-0.05, 0) is 56.5 Å². The number of ether oxygens (including phenoxy) is 1. The highest BCUT2D eigenvalue weighted by Crippen LogP contribution is 2.23. The minimum atomic E-state index is -3.77. The van der Waals surface area contributed by atoms with Gasteiger partial charge in [0.2, 0.25) is 21.8 Å². The van der Waals surface area contributed by atoms with E-state index in [1.54, 1.807) is 31.2 Å². The molecule has 1 aliphatic rings. The molecule has 2 aromatic rings. The molecule has 2 amide bonds. The van der Waals surface area contributed by atoms with Crippen LogP contribution in [-0.2, 0) is 26.2 Å². The number of carbonyl (C=O) groups excluding carboxylic acids is 2. The number of benzene rings is 2. The molecule has 1 fully saturated rings. The molecule has 1 N–H and O–H groups in total. The molecule has 1 saturated carbocycles. The van der Waals surface area contributed by atoms with Gasteiger partial charge in [0.25, 0.3) is 0 Å². The number of anilines is 1. The van der Waals surface area contributed by atoms with Crippen LogP contribution in [0.1, 0.15) is 51.5 Å². The Morgan fingerprint density at radius 2 is 1.67 bits per heavy atom. The molecule has 8 nitrogen and oxygen atoms in total. The van der Waals surface area contributed by atoms with E-state index in [1.165, 1.54) is 11.3 Å². The van der Waals surface area contributed by atoms with Gasteiger partial charge in [-0.3, -0.25) is 13.9 Å². The van der Waals surface area contributed by atoms with E-state index in [2.05, 4.69) is 5.32 Å². The fraction of sp³-hybridized carbons (Fsp3) is 0.481. The molecule has 0 aromatic heterocycles. The first-order valence-electron chi connectivity index (χ1n) is 12.5. The number of carbonyl (C=O) groups is 2. The van der Waals surface area contributed by atoms with Gasteiger partial charge in [0.05, 0.1) is 18.6 Å². The molecule has 9 heteroatoms. The first-order valence-corrected chi connectivity index (χ1v) is 14.4. The van der Waals surface area contributed by atoms with Crippen LogP contribution in [0.25, 0.3) is 0 Å². The van der Waals surface area contributed by atoms with Crippen molar-refractivity contribution in [3.63, 3.8) is 0 Å². The lowest BCUT2D eigenvalue weighted by atomic mass is 9.95. The molecule has 3 rings (SSSR count). The Balaban J connectivity index is 1.83. The second-order valence-electron chi connectivity index (χ2n) is 9.22. The number of nitrogens with one attached hydrogen (secondary N) is 1. The van der Waals surface area contributed by atoms with Crippen LogP contribution in [0, 0.1) is 0 Å². The maximum absolute atomic E-state index is 13.6. The molecule has 0 bridgehead atoms. The lowest BCUT2D eigenvalue weighted by molar-refractivity contribution is -0.139. The molecule has 0 spiro atoms. The summed E-state index contributed by atoms with van der Waals surface area (Å²) in [5.74, 6) is -0.0673. The van der Waals surface area contributed by atoms with Gasteiger partial charge in [-0.2, -0.15) is 0 Å². The van der Waals surface area contributed by atoms with E-state index in [0.29, 0.717) is 18.0 Å². The molecule has 0 saturated heterocycles. The number of rotatable bonds is 11. The molecule has 2 aromatic carbocycles. The zero-order valence-electron chi connectivity index (χ0n) is 21.4. The van der Waals surface area contributed by atoms with Crippen molar-refractivity contribution in [2.24, 2.45) is 0 Å². The fourth-order valence-electron chi connectivity index (χ4n) is 4.42. The topological polar surface area (TPSA) is 96.0 Å². The zero-order chi connectivity index (χ0) is 26.1. The van der Waals surface area contributed by atoms with E-state index in [0.717, 1.165) is 41.8 Å². The van der Waals surface area contributed by atoms with Crippen LogP contribution in [0.3, 0.4) is 0 Å². The van der Waals surface area contributed by atoms with Gasteiger partial charge in [0.15, 0.2) is 0 Å². The highest BCUT2D eigenvalue weighted by molar-refractivity contribution is 7.92. The van der Waals surface area contributed by atoms with Crippen molar-refractivity contribution in [3.05, 3.63) is 60.2 Å². The lowest BCUT2D eigenvalue weighted by Crippen LogP contribution is -2.52. The molecule has 196 valence electrons. The first kappa shape index (κ1) is 27.5. The molecule has 0 aliphatic heterocycles. The second-order valence-corrected chi connectivity index (χ2v) is 11.1. The number of sulfonamides is 1. The zero-order valence-corrected chi connectivity index (χ0v) is 22.2. The van der Waals surface area contributed by atoms with Crippen LogP contribution in [0.5, 0.6) is 5.75 Å². The molecule has 0 unspecified atom stereocenters. The number of amides is 2. The molecule has 0 radical (unpaired) electrons. The Morgan fingerprint density at radius 3 is 2.25 bits per heavy atom. The monoisotopic (exact) mass is 515 g/mol. The van der Waals surface area contributed by atoms with Crippen molar-refractivity contribution in [2.45, 2.75) is 64.6 Å². The van der Waals surface area contributed by atoms with Crippen LogP contribution < -0.4 is 14.4 Å². The molecular formula is C27H37N3O5S. The summed E-state index contributed by atoms with van der Waals surface area (Å²) in [6, 6.07) is 15.3. The van der Waals surface area contributed by atoms with Gasteiger partial charge in [0.1, 0.15) is 18.3 Å². The Morgan fingerprint density at radius 1 is 1.03 bits per heavy atom. The number of hydrogen-bond acceptors (Lipinski definition) is 5. The predicted molar refractivity (Wildman–Crippen MR) is 141 cm³/mol. The lowest BCUT2D eigenvalue weighted by Gasteiger charge is -2.33. The molecule has 1 atom stereocenters. The standard InChI is InChI=1S/C27H37N3O5S/c1-4-35-25-17-15-24(16-18-25)30(36(3,33)34)20-26(31)29(19-22-11-7-5-8-12-22)21(2)27(32)28-23-13-9-6-10-14-23/h5,7-8,11-12,15-18,21,23H,4,6,9-10,13-14,19-20H2,1-3H3,(H,28,32)/t21-/m1/s1. The Labute approximate surface area is 214 Å². The predicted octanol–water partition coefficient (Wildman–Crippen LogP) is 3.72. The van der Waals surface area contributed by atoms with Gasteiger partial charge >= 0.3 is 0 Å². The molecular weight excluding hydrogens is 478 g/mol. The summed E-state index contributed by atoms with van der Waals surface area (Å²) in [6.07, 6.45) is 6.27. The third-order valence-corrected chi connectivity index (χ3v) is 7.57. The number of hydrogen-bond donors (Lipinski definition) is 1. The quantitative estimate of drug-likeness (QED) is 0.492. The molecule has 1 aliphatic carbocycles. The van der Waals surface area contributed by atoms with E-state index < -0.39 is 28.5 Å². The van der Waals surface area contributed by atoms with Crippen molar-refractivity contribution >= 4 is 27.5 Å². The minimum Gasteiger partial charge on any atom is -0.494 e. The van der Waals surface area contributed by atoms with Gasteiger partial charge in [-0.1, -0.05) is 49.6 Å². The normalized spacial score (nSPS) is 15.1. The Bertz CT molecular complexity index is 1100. The van der Waals surface area contributed by atoms with Crippen molar-refractivity contribution in [2.75, 3.05) is 23.7 Å². The van der Waals surface area contributed by atoms with E-state index in [1.807, 2.05) is 37.3 Å². The highest BCUT2D eigenvalue weighted by atomic mass is 32.2. The average molecular weight is 516 g/mol. The smallest absolute Gasteiger partial charge is 0.244 e. The minimum absolute atomic E-state index is 0.110. The van der Waals surface area contributed by atoms with Crippen LogP contribution >= 0.6 is 0 Å². The maximum atomic E-state index is 13.6. The van der Waals surface area contributed by atoms with E-state index in [9.17, 15) is 18.0 Å². The second kappa shape index (κ2) is 12.8. The van der Waals surface area contributed by atoms with Crippen LogP contribution in [0.2, 0.25) is 0 Å². The van der Waals surface area contributed by atoms with Crippen molar-refractivity contribution in [1.29, 1.82) is 0 Å². The van der Waals surface area contributed by atoms with Gasteiger partial charge in [-0.25, -0.2) is 8.42 Å². The molecule has 0 heterocycles. The van der Waals surface area contributed by atoms with Gasteiger partial charge in [-0.15, -0.1) is 0 Å². The summed E-state index contributed by atoms with van der Waals surface area (Å²) in [5.41, 5.74) is 1.21. The Kier molecular flexibility index (Phi) is 9.75. The summed E-state index contributed by atoms with van der Waals surface area (Å²) in [6.45, 7) is 3.83. The van der Waals surface area contributed by atoms with Crippen molar-refractivity contribution in [3.8, 4) is 5.75 Å². The summed E-state index contributed by atoms with van der Waals surface area (Å²) in [4.78, 5) is 28.2. The van der Waals surface area contributed by atoms with Crippen molar-refractivity contribution < 1.29 is 22.7 Å². The van der Waals surface area contributed by atoms with Crippen LogP contribution in [-0.4, -0.2) is 56.6 Å². The van der Waals surface area contributed by atoms with E-state index in [4.69, 9.17) is 4.74 Å². The van der Waals surface area contributed by atoms with Crippen LogP contribution in [0.15, 0.2) is 54.6 Å². The van der Waals surface area contributed by atoms with Crippen LogP contribution in [0.4, 0.5) is 5.69 Å².